The maximum absolute atomic E-state index is 14.6. The van der Waals surface area contributed by atoms with Gasteiger partial charge in [-0.3, -0.25) is 18.9 Å². The summed E-state index contributed by atoms with van der Waals surface area (Å²) in [7, 11) is -5.44. The standard InChI is InChI=1S/C69H131N2O16P/c1-7-13-19-25-28-31-34-37-40-46-57(81-49-43-22-16-10-4)52-62(73)70-60(68(76)77)56-84-69-65(71-63(74)53-58(82-50-44-23-17-11-5)47-41-38-35-32-29-26-20-14-8-2)67(66(61(55-72)85-69)87-88(78,79)80)86-64(75)54-59(83-51-45-24-18-12-6)48-42-39-36-33-30-27-21-15-9-3/h57-61,66-67,72H,7-56H2,1-6H3,(H,70,73)(H,71,74)(H,76,77)(H2,78,79,80)/t57-,58-,59-,60+,61?,66-,67?/m1/s1. The Hall–Kier alpha value is -2.83. The van der Waals surface area contributed by atoms with Crippen molar-refractivity contribution in [3.05, 3.63) is 11.6 Å². The minimum atomic E-state index is -5.44. The molecule has 0 aromatic carbocycles. The molecule has 2 amide bonds. The third-order valence-corrected chi connectivity index (χ3v) is 17.1. The molecule has 7 atom stereocenters. The van der Waals surface area contributed by atoms with Crippen LogP contribution in [0.5, 0.6) is 0 Å². The molecule has 1 heterocycles. The van der Waals surface area contributed by atoms with E-state index in [-0.39, 0.29) is 19.3 Å². The fourth-order valence-corrected chi connectivity index (χ4v) is 11.8. The minimum Gasteiger partial charge on any atom is -0.480 e. The third-order valence-electron chi connectivity index (χ3n) is 16.6. The normalized spacial score (nSPS) is 16.7. The molecular weight excluding hydrogens is 1140 g/mol. The van der Waals surface area contributed by atoms with Gasteiger partial charge in [-0.05, 0) is 38.5 Å². The molecule has 1 aliphatic rings. The predicted molar refractivity (Wildman–Crippen MR) is 350 cm³/mol. The van der Waals surface area contributed by atoms with Crippen LogP contribution in [0.4, 0.5) is 0 Å². The van der Waals surface area contributed by atoms with Crippen LogP contribution < -0.4 is 10.6 Å². The molecule has 518 valence electrons. The topological polar surface area (TPSA) is 255 Å². The summed E-state index contributed by atoms with van der Waals surface area (Å²) in [5.74, 6) is -4.10. The van der Waals surface area contributed by atoms with Gasteiger partial charge in [-0.25, -0.2) is 9.36 Å². The lowest BCUT2D eigenvalue weighted by atomic mass is 10.0. The maximum atomic E-state index is 14.6. The Kier molecular flexibility index (Phi) is 53.8. The highest BCUT2D eigenvalue weighted by Crippen LogP contribution is 2.43. The van der Waals surface area contributed by atoms with Gasteiger partial charge in [-0.1, -0.05) is 273 Å². The largest absolute Gasteiger partial charge is 0.480 e. The summed E-state index contributed by atoms with van der Waals surface area (Å²) in [6.07, 6.45) is 36.1. The molecule has 19 heteroatoms. The first-order valence-electron chi connectivity index (χ1n) is 35.9. The molecule has 0 aromatic rings. The van der Waals surface area contributed by atoms with E-state index < -0.39 is 99.1 Å². The van der Waals surface area contributed by atoms with Crippen LogP contribution in [-0.2, 0) is 56.7 Å². The highest BCUT2D eigenvalue weighted by Gasteiger charge is 2.48. The molecule has 88 heavy (non-hydrogen) atoms. The van der Waals surface area contributed by atoms with Crippen molar-refractivity contribution < 1.29 is 76.7 Å². The van der Waals surface area contributed by atoms with Crippen LogP contribution in [0.1, 0.15) is 330 Å². The maximum Gasteiger partial charge on any atom is 0.470 e. The summed E-state index contributed by atoms with van der Waals surface area (Å²) in [5, 5.41) is 26.7. The lowest BCUT2D eigenvalue weighted by Crippen LogP contribution is -2.53. The smallest absolute Gasteiger partial charge is 0.470 e. The summed E-state index contributed by atoms with van der Waals surface area (Å²) in [6, 6.07) is -1.67. The van der Waals surface area contributed by atoms with Gasteiger partial charge in [0.25, 0.3) is 0 Å². The molecule has 18 nitrogen and oxygen atoms in total. The molecule has 0 aliphatic carbocycles. The first-order valence-corrected chi connectivity index (χ1v) is 37.4. The first-order chi connectivity index (χ1) is 42.7. The Morgan fingerprint density at radius 2 is 0.830 bits per heavy atom. The van der Waals surface area contributed by atoms with Crippen LogP contribution in [0.3, 0.4) is 0 Å². The van der Waals surface area contributed by atoms with Crippen LogP contribution in [-0.4, -0.2) is 119 Å². The number of carboxylic acid groups (broad SMARTS) is 1. The van der Waals surface area contributed by atoms with Crippen LogP contribution in [0.15, 0.2) is 11.6 Å². The molecule has 1 rings (SSSR count). The zero-order chi connectivity index (χ0) is 64.7. The fourth-order valence-electron chi connectivity index (χ4n) is 11.2. The third kappa shape index (κ3) is 45.4. The number of carbonyl (C=O) groups excluding carboxylic acids is 3. The van der Waals surface area contributed by atoms with Gasteiger partial charge < -0.3 is 59.1 Å². The number of aliphatic carboxylic acids is 1. The molecule has 2 unspecified atom stereocenters. The molecule has 0 radical (unpaired) electrons. The first kappa shape index (κ1) is 83.2. The summed E-state index contributed by atoms with van der Waals surface area (Å²) >= 11 is 0. The molecule has 6 N–H and O–H groups in total. The van der Waals surface area contributed by atoms with E-state index >= 15 is 0 Å². The highest BCUT2D eigenvalue weighted by atomic mass is 31.2. The van der Waals surface area contributed by atoms with E-state index in [1.54, 1.807) is 0 Å². The van der Waals surface area contributed by atoms with E-state index in [4.69, 9.17) is 32.9 Å². The quantitative estimate of drug-likeness (QED) is 0.0188. The molecule has 1 aliphatic heterocycles. The fraction of sp³-hybridized carbons (Fsp3) is 0.913. The molecule has 0 saturated carbocycles. The van der Waals surface area contributed by atoms with Crippen LogP contribution in [0, 0.1) is 0 Å². The molecule has 0 bridgehead atoms. The number of aliphatic hydroxyl groups is 1. The van der Waals surface area contributed by atoms with Crippen molar-refractivity contribution in [2.45, 2.75) is 373 Å². The van der Waals surface area contributed by atoms with Gasteiger partial charge in [0.15, 0.2) is 24.4 Å². The highest BCUT2D eigenvalue weighted by molar-refractivity contribution is 7.46. The van der Waals surface area contributed by atoms with Gasteiger partial charge in [-0.2, -0.15) is 0 Å². The number of unbranched alkanes of at least 4 members (excludes halogenated alkanes) is 33. The van der Waals surface area contributed by atoms with Gasteiger partial charge in [0.1, 0.15) is 12.3 Å². The number of hydrogen-bond acceptors (Lipinski definition) is 13. The Balaban J connectivity index is 3.73. The molecule has 0 aromatic heterocycles. The second-order valence-corrected chi connectivity index (χ2v) is 26.1. The number of aliphatic hydroxyl groups excluding tert-OH is 1. The second kappa shape index (κ2) is 56.9. The van der Waals surface area contributed by atoms with Crippen molar-refractivity contribution in [3.8, 4) is 0 Å². The number of phosphoric acid groups is 1. The van der Waals surface area contributed by atoms with Crippen LogP contribution in [0.25, 0.3) is 0 Å². The average molecular weight is 1280 g/mol. The average Bonchev–Trinajstić information content (AvgIpc) is 3.07. The van der Waals surface area contributed by atoms with Gasteiger partial charge >= 0.3 is 25.7 Å². The van der Waals surface area contributed by atoms with Crippen molar-refractivity contribution >= 4 is 31.6 Å². The van der Waals surface area contributed by atoms with Crippen molar-refractivity contribution in [1.82, 2.24) is 10.6 Å². The number of esters is 1. The summed E-state index contributed by atoms with van der Waals surface area (Å²) in [6.45, 7) is 12.6. The number of carboxylic acids is 1. The van der Waals surface area contributed by atoms with Crippen molar-refractivity contribution in [3.63, 3.8) is 0 Å². The Morgan fingerprint density at radius 3 is 1.18 bits per heavy atom. The van der Waals surface area contributed by atoms with E-state index in [9.17, 15) is 43.7 Å². The van der Waals surface area contributed by atoms with Crippen LogP contribution >= 0.6 is 7.82 Å². The van der Waals surface area contributed by atoms with Gasteiger partial charge in [0.2, 0.25) is 11.8 Å². The van der Waals surface area contributed by atoms with Crippen molar-refractivity contribution in [1.29, 1.82) is 0 Å². The monoisotopic (exact) mass is 1270 g/mol. The summed E-state index contributed by atoms with van der Waals surface area (Å²) in [5.41, 5.74) is -0.421. The Labute approximate surface area is 534 Å². The number of phosphoric ester groups is 1. The van der Waals surface area contributed by atoms with Gasteiger partial charge in [-0.15, -0.1) is 0 Å². The minimum absolute atomic E-state index is 0.0927. The van der Waals surface area contributed by atoms with Gasteiger partial charge in [0.05, 0.1) is 44.2 Å². The van der Waals surface area contributed by atoms with Gasteiger partial charge in [0, 0.05) is 19.8 Å². The van der Waals surface area contributed by atoms with E-state index in [0.29, 0.717) is 39.1 Å². The Morgan fingerprint density at radius 1 is 0.489 bits per heavy atom. The summed E-state index contributed by atoms with van der Waals surface area (Å²) < 4.78 is 55.4. The summed E-state index contributed by atoms with van der Waals surface area (Å²) in [4.78, 5) is 76.5. The zero-order valence-electron chi connectivity index (χ0n) is 56.5. The van der Waals surface area contributed by atoms with Crippen molar-refractivity contribution in [2.75, 3.05) is 33.0 Å². The SMILES string of the molecule is CCCCCCCCCCC[C@H](CC(=O)NC1=C(OC[C@H](NC(=O)C[C@@H](CCCCCCCCCCC)OCCCCCC)C(=O)O)OC(CO)[C@@H](OP(=O)(O)O)C1OC(=O)C[C@@H](CCCCCCCCCCC)OCCCCCC)OCCCCCC. The van der Waals surface area contributed by atoms with Crippen LogP contribution in [0.2, 0.25) is 0 Å². The number of rotatable bonds is 64. The number of nitrogens with one attached hydrogen (secondary N) is 2. The molecule has 0 spiro atoms. The van der Waals surface area contributed by atoms with E-state index in [1.165, 1.54) is 96.3 Å². The molecular formula is C69H131N2O16P. The van der Waals surface area contributed by atoms with E-state index in [1.807, 2.05) is 0 Å². The van der Waals surface area contributed by atoms with E-state index in [2.05, 4.69) is 52.2 Å². The molecule has 0 saturated heterocycles. The number of carbonyl (C=O) groups is 4. The molecule has 0 fully saturated rings. The number of amides is 2. The van der Waals surface area contributed by atoms with E-state index in [0.717, 1.165) is 154 Å². The van der Waals surface area contributed by atoms with Crippen molar-refractivity contribution in [2.24, 2.45) is 0 Å². The number of ether oxygens (including phenoxy) is 6. The lowest BCUT2D eigenvalue weighted by molar-refractivity contribution is -0.174. The zero-order valence-corrected chi connectivity index (χ0v) is 57.4. The predicted octanol–water partition coefficient (Wildman–Crippen LogP) is 16.5. The Bertz CT molecular complexity index is 1790. The lowest BCUT2D eigenvalue weighted by Gasteiger charge is -2.38. The second-order valence-electron chi connectivity index (χ2n) is 25.0. The number of hydrogen-bond donors (Lipinski definition) is 6.